The maximum Gasteiger partial charge on any atom is 0.233 e. The lowest BCUT2D eigenvalue weighted by Crippen LogP contribution is -2.43. The molecule has 1 unspecified atom stereocenters. The van der Waals surface area contributed by atoms with Crippen molar-refractivity contribution < 1.29 is 14.3 Å². The Kier molecular flexibility index (Phi) is 5.45. The van der Waals surface area contributed by atoms with Crippen LogP contribution in [0.4, 0.5) is 11.5 Å². The fourth-order valence-electron chi connectivity index (χ4n) is 3.34. The normalized spacial score (nSPS) is 19.0. The van der Waals surface area contributed by atoms with Crippen LogP contribution in [0.3, 0.4) is 0 Å². The highest BCUT2D eigenvalue weighted by Crippen LogP contribution is 2.26. The average molecular weight is 401 g/mol. The number of hydrogen-bond donors (Lipinski definition) is 2. The third-order valence-corrected chi connectivity index (χ3v) is 5.21. The number of halogens is 1. The Bertz CT molecular complexity index is 882. The Labute approximate surface area is 168 Å². The first-order valence-electron chi connectivity index (χ1n) is 9.26. The number of carbonyl (C=O) groups excluding carboxylic acids is 2. The molecule has 4 rings (SSSR count). The molecule has 1 atom stereocenters. The second-order valence-electron chi connectivity index (χ2n) is 6.81. The summed E-state index contributed by atoms with van der Waals surface area (Å²) >= 11 is 5.87. The van der Waals surface area contributed by atoms with Crippen molar-refractivity contribution in [1.82, 2.24) is 10.3 Å². The smallest absolute Gasteiger partial charge is 0.233 e. The number of anilines is 2. The summed E-state index contributed by atoms with van der Waals surface area (Å²) in [6, 6.07) is 11.0. The minimum absolute atomic E-state index is 0.252. The summed E-state index contributed by atoms with van der Waals surface area (Å²) in [4.78, 5) is 32.1. The first-order valence-corrected chi connectivity index (χ1v) is 9.63. The topological polar surface area (TPSA) is 83.6 Å². The number of morpholine rings is 1. The van der Waals surface area contributed by atoms with Gasteiger partial charge in [0.2, 0.25) is 5.91 Å². The van der Waals surface area contributed by atoms with E-state index >= 15 is 0 Å². The average Bonchev–Trinajstić information content (AvgIpc) is 2.74. The largest absolute Gasteiger partial charge is 0.382 e. The minimum atomic E-state index is -0.799. The van der Waals surface area contributed by atoms with Crippen molar-refractivity contribution in [3.63, 3.8) is 0 Å². The maximum absolute atomic E-state index is 12.9. The zero-order chi connectivity index (χ0) is 19.5. The van der Waals surface area contributed by atoms with Crippen molar-refractivity contribution in [3.05, 3.63) is 52.7 Å². The molecule has 1 amide bonds. The number of ketones is 1. The molecular formula is C20H21ClN4O3. The lowest BCUT2D eigenvalue weighted by atomic mass is 9.95. The van der Waals surface area contributed by atoms with E-state index in [4.69, 9.17) is 16.3 Å². The summed E-state index contributed by atoms with van der Waals surface area (Å²) in [6.45, 7) is 3.35. The second-order valence-corrected chi connectivity index (χ2v) is 7.24. The Morgan fingerprint density at radius 3 is 2.71 bits per heavy atom. The molecule has 2 aliphatic heterocycles. The molecule has 0 saturated carbocycles. The van der Waals surface area contributed by atoms with E-state index in [1.807, 2.05) is 24.3 Å². The van der Waals surface area contributed by atoms with E-state index in [1.165, 1.54) is 0 Å². The van der Waals surface area contributed by atoms with Gasteiger partial charge in [-0.3, -0.25) is 9.59 Å². The van der Waals surface area contributed by atoms with Crippen molar-refractivity contribution in [2.24, 2.45) is 5.92 Å². The van der Waals surface area contributed by atoms with Crippen LogP contribution < -0.4 is 15.5 Å². The molecule has 7 nitrogen and oxygen atoms in total. The number of pyridine rings is 1. The third-order valence-electron chi connectivity index (χ3n) is 4.96. The highest BCUT2D eigenvalue weighted by atomic mass is 35.5. The molecule has 8 heteroatoms. The maximum atomic E-state index is 12.9. The van der Waals surface area contributed by atoms with Crippen LogP contribution in [0.5, 0.6) is 0 Å². The molecule has 1 saturated heterocycles. The summed E-state index contributed by atoms with van der Waals surface area (Å²) < 4.78 is 5.36. The highest BCUT2D eigenvalue weighted by Gasteiger charge is 2.34. The molecule has 1 fully saturated rings. The number of nitrogens with zero attached hydrogens (tertiary/aromatic N) is 2. The van der Waals surface area contributed by atoms with Gasteiger partial charge in [0, 0.05) is 31.2 Å². The van der Waals surface area contributed by atoms with Crippen molar-refractivity contribution in [3.8, 4) is 0 Å². The number of hydrogen-bond acceptors (Lipinski definition) is 6. The number of Topliss-reactive ketones (excluding diaryl/α,β-unsaturated/α-hetero) is 1. The highest BCUT2D eigenvalue weighted by molar-refractivity contribution is 6.30. The molecule has 0 aliphatic carbocycles. The van der Waals surface area contributed by atoms with Gasteiger partial charge >= 0.3 is 0 Å². The van der Waals surface area contributed by atoms with Crippen LogP contribution in [0.1, 0.15) is 16.1 Å². The molecular weight excluding hydrogens is 380 g/mol. The zero-order valence-corrected chi connectivity index (χ0v) is 16.0. The SMILES string of the molecule is O=C(NCc1ccc(Cl)cc1)C1CNc2ccc(N3CCOCC3)nc2C1=O. The van der Waals surface area contributed by atoms with Gasteiger partial charge in [0.05, 0.1) is 18.9 Å². The molecule has 0 radical (unpaired) electrons. The Morgan fingerprint density at radius 1 is 1.21 bits per heavy atom. The van der Waals surface area contributed by atoms with Crippen LogP contribution in [0, 0.1) is 5.92 Å². The monoisotopic (exact) mass is 400 g/mol. The number of ether oxygens (including phenoxy) is 1. The summed E-state index contributed by atoms with van der Waals surface area (Å²) in [5.41, 5.74) is 1.91. The zero-order valence-electron chi connectivity index (χ0n) is 15.3. The van der Waals surface area contributed by atoms with E-state index in [2.05, 4.69) is 20.5 Å². The fourth-order valence-corrected chi connectivity index (χ4v) is 3.47. The predicted octanol–water partition coefficient (Wildman–Crippen LogP) is 2.11. The Morgan fingerprint density at radius 2 is 1.96 bits per heavy atom. The summed E-state index contributed by atoms with van der Waals surface area (Å²) in [6.07, 6.45) is 0. The van der Waals surface area contributed by atoms with Crippen LogP contribution in [-0.2, 0) is 16.1 Å². The standard InChI is InChI=1S/C20H21ClN4O3/c21-14-3-1-13(2-4-14)11-23-20(27)15-12-22-16-5-6-17(24-18(16)19(15)26)25-7-9-28-10-8-25/h1-6,15,22H,7-12H2,(H,23,27). The van der Waals surface area contributed by atoms with Gasteiger partial charge in [0.25, 0.3) is 0 Å². The van der Waals surface area contributed by atoms with Gasteiger partial charge in [0.1, 0.15) is 17.4 Å². The van der Waals surface area contributed by atoms with E-state index in [1.54, 1.807) is 12.1 Å². The van der Waals surface area contributed by atoms with Gasteiger partial charge < -0.3 is 20.3 Å². The summed E-state index contributed by atoms with van der Waals surface area (Å²) in [7, 11) is 0. The lowest BCUT2D eigenvalue weighted by molar-refractivity contribution is -0.123. The number of carbonyl (C=O) groups is 2. The van der Waals surface area contributed by atoms with Gasteiger partial charge in [-0.2, -0.15) is 0 Å². The van der Waals surface area contributed by atoms with Crippen molar-refractivity contribution in [2.75, 3.05) is 43.1 Å². The minimum Gasteiger partial charge on any atom is -0.382 e. The predicted molar refractivity (Wildman–Crippen MR) is 107 cm³/mol. The van der Waals surface area contributed by atoms with Crippen molar-refractivity contribution in [1.29, 1.82) is 0 Å². The second kappa shape index (κ2) is 8.16. The van der Waals surface area contributed by atoms with Crippen LogP contribution in [0.15, 0.2) is 36.4 Å². The molecule has 2 aliphatic rings. The molecule has 146 valence electrons. The quantitative estimate of drug-likeness (QED) is 0.765. The van der Waals surface area contributed by atoms with Gasteiger partial charge in [-0.15, -0.1) is 0 Å². The Hall–Kier alpha value is -2.64. The number of fused-ring (bicyclic) bond motifs is 1. The van der Waals surface area contributed by atoms with Gasteiger partial charge in [-0.1, -0.05) is 23.7 Å². The molecule has 0 bridgehead atoms. The number of nitrogens with one attached hydrogen (secondary N) is 2. The molecule has 2 aromatic rings. The lowest BCUT2D eigenvalue weighted by Gasteiger charge is -2.29. The first-order chi connectivity index (χ1) is 13.6. The first kappa shape index (κ1) is 18.7. The van der Waals surface area contributed by atoms with Crippen LogP contribution in [-0.4, -0.2) is 49.5 Å². The molecule has 0 spiro atoms. The molecule has 28 heavy (non-hydrogen) atoms. The molecule has 1 aromatic heterocycles. The van der Waals surface area contributed by atoms with E-state index < -0.39 is 5.92 Å². The van der Waals surface area contributed by atoms with Crippen LogP contribution >= 0.6 is 11.6 Å². The van der Waals surface area contributed by atoms with Gasteiger partial charge in [-0.25, -0.2) is 4.98 Å². The Balaban J connectivity index is 1.45. The molecule has 3 heterocycles. The number of aromatic nitrogens is 1. The number of amides is 1. The third kappa shape index (κ3) is 3.95. The van der Waals surface area contributed by atoms with E-state index in [0.29, 0.717) is 36.2 Å². The van der Waals surface area contributed by atoms with Crippen LogP contribution in [0.2, 0.25) is 5.02 Å². The summed E-state index contributed by atoms with van der Waals surface area (Å²) in [5, 5.41) is 6.62. The van der Waals surface area contributed by atoms with Gasteiger partial charge in [0.15, 0.2) is 5.78 Å². The number of benzene rings is 1. The van der Waals surface area contributed by atoms with E-state index in [0.717, 1.165) is 24.5 Å². The van der Waals surface area contributed by atoms with E-state index in [-0.39, 0.29) is 18.2 Å². The van der Waals surface area contributed by atoms with Crippen molar-refractivity contribution >= 4 is 34.8 Å². The molecule has 2 N–H and O–H groups in total. The van der Waals surface area contributed by atoms with Crippen LogP contribution in [0.25, 0.3) is 0 Å². The summed E-state index contributed by atoms with van der Waals surface area (Å²) in [5.74, 6) is -0.624. The van der Waals surface area contributed by atoms with Gasteiger partial charge in [-0.05, 0) is 29.8 Å². The number of rotatable bonds is 4. The molecule has 1 aromatic carbocycles. The van der Waals surface area contributed by atoms with E-state index in [9.17, 15) is 9.59 Å². The van der Waals surface area contributed by atoms with Crippen molar-refractivity contribution in [2.45, 2.75) is 6.54 Å². The fraction of sp³-hybridized carbons (Fsp3) is 0.350.